The van der Waals surface area contributed by atoms with Gasteiger partial charge in [0.15, 0.2) is 0 Å². The fourth-order valence-corrected chi connectivity index (χ4v) is 4.12. The van der Waals surface area contributed by atoms with Crippen LogP contribution in [0.1, 0.15) is 40.2 Å². The van der Waals surface area contributed by atoms with Crippen molar-refractivity contribution in [2.24, 2.45) is 5.73 Å². The highest BCUT2D eigenvalue weighted by atomic mass is 35.5. The number of hydrogen-bond donors (Lipinski definition) is 2. The second-order valence-corrected chi connectivity index (χ2v) is 7.65. The van der Waals surface area contributed by atoms with Gasteiger partial charge in [-0.3, -0.25) is 4.79 Å². The Kier molecular flexibility index (Phi) is 6.87. The van der Waals surface area contributed by atoms with Crippen molar-refractivity contribution in [3.8, 4) is 16.9 Å². The molecule has 0 radical (unpaired) electrons. The van der Waals surface area contributed by atoms with Crippen LogP contribution in [0.25, 0.3) is 11.1 Å². The number of thiophene rings is 1. The normalized spacial score (nSPS) is 19.8. The van der Waals surface area contributed by atoms with Crippen molar-refractivity contribution >= 4 is 29.7 Å². The number of nitrogens with one attached hydrogen (secondary N) is 1. The summed E-state index contributed by atoms with van der Waals surface area (Å²) in [6.07, 6.45) is 3.93. The molecule has 1 aromatic heterocycles. The molecule has 0 saturated heterocycles. The highest BCUT2D eigenvalue weighted by Gasteiger charge is 2.22. The SMILES string of the molecule is COc1ccc(-c2cc(C(=O)NC3CCC(N)CC3)sc2C)cc1.Cl. The zero-order valence-corrected chi connectivity index (χ0v) is 16.2. The highest BCUT2D eigenvalue weighted by Crippen LogP contribution is 2.32. The van der Waals surface area contributed by atoms with Crippen LogP contribution < -0.4 is 15.8 Å². The summed E-state index contributed by atoms with van der Waals surface area (Å²) in [5.74, 6) is 0.864. The topological polar surface area (TPSA) is 64.3 Å². The number of rotatable bonds is 4. The Bertz CT molecular complexity index is 707. The van der Waals surface area contributed by atoms with Gasteiger partial charge in [-0.25, -0.2) is 0 Å². The molecule has 1 fully saturated rings. The number of carbonyl (C=O) groups excluding carboxylic acids is 1. The maximum absolute atomic E-state index is 12.5. The predicted octanol–water partition coefficient (Wildman–Crippen LogP) is 4.15. The van der Waals surface area contributed by atoms with Crippen LogP contribution in [0.3, 0.4) is 0 Å². The molecule has 3 N–H and O–H groups in total. The van der Waals surface area contributed by atoms with Gasteiger partial charge in [-0.05, 0) is 61.9 Å². The van der Waals surface area contributed by atoms with Crippen molar-refractivity contribution < 1.29 is 9.53 Å². The number of carbonyl (C=O) groups is 1. The van der Waals surface area contributed by atoms with Crippen molar-refractivity contribution in [3.63, 3.8) is 0 Å². The van der Waals surface area contributed by atoms with Gasteiger partial charge in [-0.1, -0.05) is 12.1 Å². The molecule has 0 spiro atoms. The summed E-state index contributed by atoms with van der Waals surface area (Å²) in [4.78, 5) is 14.5. The van der Waals surface area contributed by atoms with Gasteiger partial charge in [0.05, 0.1) is 12.0 Å². The van der Waals surface area contributed by atoms with Crippen molar-refractivity contribution in [1.82, 2.24) is 5.32 Å². The Morgan fingerprint density at radius 3 is 2.44 bits per heavy atom. The summed E-state index contributed by atoms with van der Waals surface area (Å²) in [5.41, 5.74) is 8.14. The summed E-state index contributed by atoms with van der Waals surface area (Å²) in [5, 5.41) is 3.16. The average molecular weight is 381 g/mol. The molecule has 0 aliphatic heterocycles. The lowest BCUT2D eigenvalue weighted by Crippen LogP contribution is -2.40. The molecular weight excluding hydrogens is 356 g/mol. The number of ether oxygens (including phenoxy) is 1. The lowest BCUT2D eigenvalue weighted by Gasteiger charge is -2.26. The number of benzene rings is 1. The van der Waals surface area contributed by atoms with Gasteiger partial charge in [-0.15, -0.1) is 23.7 Å². The smallest absolute Gasteiger partial charge is 0.261 e. The first-order valence-corrected chi connectivity index (χ1v) is 9.19. The monoisotopic (exact) mass is 380 g/mol. The van der Waals surface area contributed by atoms with E-state index in [1.54, 1.807) is 18.4 Å². The highest BCUT2D eigenvalue weighted by molar-refractivity contribution is 7.14. The van der Waals surface area contributed by atoms with Gasteiger partial charge in [0.2, 0.25) is 0 Å². The van der Waals surface area contributed by atoms with E-state index in [-0.39, 0.29) is 24.4 Å². The first-order valence-electron chi connectivity index (χ1n) is 8.38. The fourth-order valence-electron chi connectivity index (χ4n) is 3.17. The summed E-state index contributed by atoms with van der Waals surface area (Å²) in [6.45, 7) is 2.06. The molecule has 1 amide bonds. The molecule has 1 aromatic carbocycles. The lowest BCUT2D eigenvalue weighted by atomic mass is 9.92. The lowest BCUT2D eigenvalue weighted by molar-refractivity contribution is 0.0930. The van der Waals surface area contributed by atoms with E-state index >= 15 is 0 Å². The van der Waals surface area contributed by atoms with Crippen molar-refractivity contribution in [3.05, 3.63) is 40.1 Å². The third-order valence-electron chi connectivity index (χ3n) is 4.65. The van der Waals surface area contributed by atoms with Gasteiger partial charge in [0, 0.05) is 17.0 Å². The van der Waals surface area contributed by atoms with E-state index in [9.17, 15) is 4.79 Å². The predicted molar refractivity (Wildman–Crippen MR) is 106 cm³/mol. The number of amides is 1. The van der Waals surface area contributed by atoms with Crippen LogP contribution in [0.4, 0.5) is 0 Å². The number of hydrogen-bond acceptors (Lipinski definition) is 4. The minimum atomic E-state index is 0. The molecule has 1 saturated carbocycles. The molecule has 0 atom stereocenters. The molecule has 6 heteroatoms. The maximum atomic E-state index is 12.5. The Labute approximate surface area is 159 Å². The zero-order chi connectivity index (χ0) is 17.1. The molecule has 4 nitrogen and oxygen atoms in total. The second-order valence-electron chi connectivity index (χ2n) is 6.39. The summed E-state index contributed by atoms with van der Waals surface area (Å²) in [6, 6.07) is 10.5. The Morgan fingerprint density at radius 2 is 1.84 bits per heavy atom. The minimum absolute atomic E-state index is 0. The fraction of sp³-hybridized carbons (Fsp3) is 0.421. The summed E-state index contributed by atoms with van der Waals surface area (Å²) >= 11 is 1.55. The third-order valence-corrected chi connectivity index (χ3v) is 5.70. The van der Waals surface area contributed by atoms with Gasteiger partial charge in [-0.2, -0.15) is 0 Å². The minimum Gasteiger partial charge on any atom is -0.497 e. The number of aryl methyl sites for hydroxylation is 1. The average Bonchev–Trinajstić information content (AvgIpc) is 2.99. The number of halogens is 1. The van der Waals surface area contributed by atoms with E-state index < -0.39 is 0 Å². The van der Waals surface area contributed by atoms with E-state index in [0.717, 1.165) is 52.3 Å². The van der Waals surface area contributed by atoms with Gasteiger partial charge in [0.1, 0.15) is 5.75 Å². The summed E-state index contributed by atoms with van der Waals surface area (Å²) < 4.78 is 5.20. The van der Waals surface area contributed by atoms with Crippen LogP contribution in [0.15, 0.2) is 30.3 Å². The van der Waals surface area contributed by atoms with Crippen LogP contribution in [0.5, 0.6) is 5.75 Å². The van der Waals surface area contributed by atoms with E-state index in [2.05, 4.69) is 12.2 Å². The van der Waals surface area contributed by atoms with Crippen LogP contribution in [-0.4, -0.2) is 25.1 Å². The molecule has 1 heterocycles. The Hall–Kier alpha value is -1.56. The maximum Gasteiger partial charge on any atom is 0.261 e. The number of nitrogens with two attached hydrogens (primary N) is 1. The van der Waals surface area contributed by atoms with Gasteiger partial charge < -0.3 is 15.8 Å². The van der Waals surface area contributed by atoms with Crippen molar-refractivity contribution in [2.45, 2.75) is 44.7 Å². The first kappa shape index (κ1) is 19.8. The molecule has 25 heavy (non-hydrogen) atoms. The van der Waals surface area contributed by atoms with Crippen LogP contribution in [-0.2, 0) is 0 Å². The van der Waals surface area contributed by atoms with Crippen LogP contribution >= 0.6 is 23.7 Å². The van der Waals surface area contributed by atoms with Crippen LogP contribution in [0.2, 0.25) is 0 Å². The van der Waals surface area contributed by atoms with Gasteiger partial charge >= 0.3 is 0 Å². The van der Waals surface area contributed by atoms with Crippen molar-refractivity contribution in [1.29, 1.82) is 0 Å². The van der Waals surface area contributed by atoms with Crippen LogP contribution in [0, 0.1) is 6.92 Å². The molecule has 2 aromatic rings. The molecule has 136 valence electrons. The van der Waals surface area contributed by atoms with E-state index in [1.807, 2.05) is 30.3 Å². The molecule has 0 unspecified atom stereocenters. The Morgan fingerprint density at radius 1 is 1.20 bits per heavy atom. The first-order chi connectivity index (χ1) is 11.6. The molecule has 1 aliphatic carbocycles. The second kappa shape index (κ2) is 8.70. The molecular formula is C19H25ClN2O2S. The molecule has 3 rings (SSSR count). The van der Waals surface area contributed by atoms with E-state index in [4.69, 9.17) is 10.5 Å². The van der Waals surface area contributed by atoms with Gasteiger partial charge in [0.25, 0.3) is 5.91 Å². The van der Waals surface area contributed by atoms with E-state index in [0.29, 0.717) is 6.04 Å². The number of methoxy groups -OCH3 is 1. The molecule has 1 aliphatic rings. The molecule has 0 bridgehead atoms. The quantitative estimate of drug-likeness (QED) is 0.837. The largest absolute Gasteiger partial charge is 0.497 e. The van der Waals surface area contributed by atoms with Crippen molar-refractivity contribution in [2.75, 3.05) is 7.11 Å². The summed E-state index contributed by atoms with van der Waals surface area (Å²) in [7, 11) is 1.66. The Balaban J connectivity index is 0.00000225. The third kappa shape index (κ3) is 4.75. The zero-order valence-electron chi connectivity index (χ0n) is 14.6. The van der Waals surface area contributed by atoms with E-state index in [1.165, 1.54) is 0 Å². The standard InChI is InChI=1S/C19H24N2O2S.ClH/c1-12-17(13-3-9-16(23-2)10-4-13)11-18(24-12)19(22)21-15-7-5-14(20)6-8-15;/h3-4,9-11,14-15H,5-8,20H2,1-2H3,(H,21,22);1H.